The number of hydrogen-bond donors (Lipinski definition) is 0. The first-order chi connectivity index (χ1) is 6.43. The molecule has 0 aromatic carbocycles. The van der Waals surface area contributed by atoms with Crippen molar-refractivity contribution in [2.24, 2.45) is 5.92 Å². The van der Waals surface area contributed by atoms with Crippen LogP contribution in [0.3, 0.4) is 0 Å². The van der Waals surface area contributed by atoms with Crippen LogP contribution in [0.25, 0.3) is 0 Å². The normalized spacial score (nSPS) is 22.8. The van der Waals surface area contributed by atoms with E-state index in [1.807, 2.05) is 0 Å². The summed E-state index contributed by atoms with van der Waals surface area (Å²) in [6.07, 6.45) is 16.5. The zero-order valence-corrected chi connectivity index (χ0v) is 8.93. The molecule has 0 bridgehead atoms. The van der Waals surface area contributed by atoms with E-state index < -0.39 is 0 Å². The summed E-state index contributed by atoms with van der Waals surface area (Å²) < 4.78 is 0. The van der Waals surface area contributed by atoms with E-state index in [1.165, 1.54) is 57.8 Å². The van der Waals surface area contributed by atoms with Gasteiger partial charge in [-0.3, -0.25) is 0 Å². The largest absolute Gasteiger partial charge is 0.0533 e. The van der Waals surface area contributed by atoms with Gasteiger partial charge in [-0.1, -0.05) is 64.7 Å². The van der Waals surface area contributed by atoms with Gasteiger partial charge >= 0.3 is 0 Å². The first-order valence-electron chi connectivity index (χ1n) is 6.06. The fourth-order valence-corrected chi connectivity index (χ4v) is 2.31. The van der Waals surface area contributed by atoms with Crippen LogP contribution < -0.4 is 0 Å². The highest BCUT2D eigenvalue weighted by Gasteiger charge is 2.08. The molecule has 0 nitrogen and oxygen atoms in total. The van der Waals surface area contributed by atoms with Gasteiger partial charge in [0.05, 0.1) is 0 Å². The Kier molecular flexibility index (Phi) is 6.31. The molecule has 76 valence electrons. The van der Waals surface area contributed by atoms with Crippen LogP contribution in [0.4, 0.5) is 0 Å². The first kappa shape index (κ1) is 11.1. The predicted molar refractivity (Wildman–Crippen MR) is 59.3 cm³/mol. The van der Waals surface area contributed by atoms with Gasteiger partial charge < -0.3 is 0 Å². The Labute approximate surface area is 84.1 Å². The van der Waals surface area contributed by atoms with E-state index in [9.17, 15) is 0 Å². The van der Waals surface area contributed by atoms with Crippen LogP contribution in [0.15, 0.2) is 0 Å². The molecule has 1 aliphatic rings. The standard InChI is InChI=1S/C13H24/c1-2-10-13-11-8-6-4-3-5-7-9-12-13/h10,13H,1-9,11-12H2. The minimum atomic E-state index is 0.885. The van der Waals surface area contributed by atoms with Gasteiger partial charge in [-0.15, -0.1) is 0 Å². The van der Waals surface area contributed by atoms with Gasteiger partial charge in [0.2, 0.25) is 0 Å². The molecular formula is C13H24. The molecule has 0 atom stereocenters. The van der Waals surface area contributed by atoms with Crippen molar-refractivity contribution >= 4 is 0 Å². The summed E-state index contributed by atoms with van der Waals surface area (Å²) >= 11 is 0. The van der Waals surface area contributed by atoms with Gasteiger partial charge in [-0.25, -0.2) is 0 Å². The Morgan fingerprint density at radius 2 is 1.31 bits per heavy atom. The molecule has 0 aromatic rings. The smallest absolute Gasteiger partial charge is 0.0355 e. The van der Waals surface area contributed by atoms with E-state index in [1.54, 1.807) is 0 Å². The lowest BCUT2D eigenvalue weighted by Crippen LogP contribution is -2.02. The average molecular weight is 180 g/mol. The molecule has 0 heterocycles. The molecule has 1 saturated carbocycles. The van der Waals surface area contributed by atoms with E-state index in [-0.39, 0.29) is 0 Å². The van der Waals surface area contributed by atoms with Crippen molar-refractivity contribution in [2.45, 2.75) is 64.2 Å². The van der Waals surface area contributed by atoms with Crippen molar-refractivity contribution in [3.63, 3.8) is 0 Å². The Bertz CT molecular complexity index is 96.6. The summed E-state index contributed by atoms with van der Waals surface area (Å²) in [6.45, 7) is 3.92. The minimum Gasteiger partial charge on any atom is -0.0533 e. The van der Waals surface area contributed by atoms with E-state index in [4.69, 9.17) is 0 Å². The van der Waals surface area contributed by atoms with E-state index in [0.717, 1.165) is 12.3 Å². The third kappa shape index (κ3) is 5.33. The summed E-state index contributed by atoms with van der Waals surface area (Å²) in [4.78, 5) is 0. The molecule has 0 spiro atoms. The molecule has 0 saturated heterocycles. The zero-order chi connectivity index (χ0) is 9.36. The van der Waals surface area contributed by atoms with E-state index in [0.29, 0.717) is 0 Å². The van der Waals surface area contributed by atoms with E-state index in [2.05, 4.69) is 13.3 Å². The van der Waals surface area contributed by atoms with Crippen LogP contribution in [0.1, 0.15) is 64.2 Å². The molecule has 0 aromatic heterocycles. The quantitative estimate of drug-likeness (QED) is 0.584. The molecule has 0 heteroatoms. The van der Waals surface area contributed by atoms with Crippen LogP contribution in [-0.2, 0) is 0 Å². The Balaban J connectivity index is 2.18. The Morgan fingerprint density at radius 3 is 1.77 bits per heavy atom. The summed E-state index contributed by atoms with van der Waals surface area (Å²) in [5.41, 5.74) is 0. The highest BCUT2D eigenvalue weighted by molar-refractivity contribution is 4.77. The van der Waals surface area contributed by atoms with Crippen LogP contribution >= 0.6 is 0 Å². The fraction of sp³-hybridized carbons (Fsp3) is 0.846. The Hall–Kier alpha value is 0. The molecule has 1 fully saturated rings. The van der Waals surface area contributed by atoms with Crippen molar-refractivity contribution in [3.05, 3.63) is 13.3 Å². The van der Waals surface area contributed by atoms with Crippen molar-refractivity contribution in [2.75, 3.05) is 0 Å². The Morgan fingerprint density at radius 1 is 0.846 bits per heavy atom. The predicted octanol–water partition coefficient (Wildman–Crippen LogP) is 4.56. The average Bonchev–Trinajstić information content (AvgIpc) is 2.16. The summed E-state index contributed by atoms with van der Waals surface area (Å²) in [5, 5.41) is 0. The van der Waals surface area contributed by atoms with Crippen molar-refractivity contribution in [3.8, 4) is 0 Å². The maximum Gasteiger partial charge on any atom is -0.0355 e. The molecule has 1 aliphatic carbocycles. The molecule has 0 unspecified atom stereocenters. The van der Waals surface area contributed by atoms with Crippen molar-refractivity contribution in [1.29, 1.82) is 0 Å². The second kappa shape index (κ2) is 7.41. The molecule has 1 rings (SSSR count). The SMILES string of the molecule is [CH2]C[CH]C1CCCCCCCCC1. The maximum atomic E-state index is 3.92. The van der Waals surface area contributed by atoms with Crippen molar-refractivity contribution < 1.29 is 0 Å². The second-order valence-corrected chi connectivity index (χ2v) is 4.34. The maximum absolute atomic E-state index is 3.92. The molecular weight excluding hydrogens is 156 g/mol. The van der Waals surface area contributed by atoms with Crippen LogP contribution in [0.2, 0.25) is 0 Å². The fourth-order valence-electron chi connectivity index (χ4n) is 2.31. The molecule has 0 amide bonds. The molecule has 13 heavy (non-hydrogen) atoms. The summed E-state index contributed by atoms with van der Waals surface area (Å²) in [5.74, 6) is 0.885. The highest BCUT2D eigenvalue weighted by atomic mass is 14.1. The van der Waals surface area contributed by atoms with Crippen molar-refractivity contribution in [1.82, 2.24) is 0 Å². The monoisotopic (exact) mass is 180 g/mol. The van der Waals surface area contributed by atoms with Gasteiger partial charge in [0.25, 0.3) is 0 Å². The third-order valence-corrected chi connectivity index (χ3v) is 3.15. The highest BCUT2D eigenvalue weighted by Crippen LogP contribution is 2.23. The van der Waals surface area contributed by atoms with Gasteiger partial charge in [0, 0.05) is 0 Å². The van der Waals surface area contributed by atoms with Crippen LogP contribution in [-0.4, -0.2) is 0 Å². The lowest BCUT2D eigenvalue weighted by Gasteiger charge is -2.17. The zero-order valence-electron chi connectivity index (χ0n) is 8.93. The first-order valence-corrected chi connectivity index (χ1v) is 6.06. The van der Waals surface area contributed by atoms with E-state index >= 15 is 0 Å². The second-order valence-electron chi connectivity index (χ2n) is 4.34. The molecule has 0 N–H and O–H groups in total. The van der Waals surface area contributed by atoms with Gasteiger partial charge in [0.15, 0.2) is 0 Å². The number of hydrogen-bond acceptors (Lipinski definition) is 0. The van der Waals surface area contributed by atoms with Crippen LogP contribution in [0.5, 0.6) is 0 Å². The molecule has 0 aliphatic heterocycles. The third-order valence-electron chi connectivity index (χ3n) is 3.15. The topological polar surface area (TPSA) is 0 Å². The number of rotatable bonds is 2. The summed E-state index contributed by atoms with van der Waals surface area (Å²) in [7, 11) is 0. The lowest BCUT2D eigenvalue weighted by atomic mass is 9.89. The molecule has 2 radical (unpaired) electrons. The van der Waals surface area contributed by atoms with Gasteiger partial charge in [0.1, 0.15) is 0 Å². The van der Waals surface area contributed by atoms with Gasteiger partial charge in [-0.05, 0) is 18.8 Å². The summed E-state index contributed by atoms with van der Waals surface area (Å²) in [6, 6.07) is 0. The lowest BCUT2D eigenvalue weighted by molar-refractivity contribution is 0.422. The van der Waals surface area contributed by atoms with Gasteiger partial charge in [-0.2, -0.15) is 0 Å². The van der Waals surface area contributed by atoms with Crippen LogP contribution in [0, 0.1) is 19.3 Å². The minimum absolute atomic E-state index is 0.885.